The fraction of sp³-hybridized carbons (Fsp3) is 0.800. The van der Waals surface area contributed by atoms with Crippen molar-refractivity contribution in [3.05, 3.63) is 29.8 Å². The highest BCUT2D eigenvalue weighted by Gasteiger charge is 2.76. The largest absolute Gasteiger partial charge is 0.497 e. The molecule has 0 amide bonds. The number of ether oxygens (including phenoxy) is 3. The van der Waals surface area contributed by atoms with E-state index in [1.54, 1.807) is 19.2 Å². The van der Waals surface area contributed by atoms with Crippen molar-refractivity contribution in [2.45, 2.75) is 123 Å². The molecule has 39 heavy (non-hydrogen) atoms. The topological polar surface area (TPSA) is 48.1 Å². The van der Waals surface area contributed by atoms with Crippen molar-refractivity contribution in [2.75, 3.05) is 7.11 Å². The predicted molar refractivity (Wildman–Crippen MR) is 155 cm³/mol. The molecule has 1 aromatic rings. The van der Waals surface area contributed by atoms with Gasteiger partial charge in [0.2, 0.25) is 0 Å². The lowest BCUT2D eigenvalue weighted by molar-refractivity contribution is -0.118. The minimum Gasteiger partial charge on any atom is -0.497 e. The van der Waals surface area contributed by atoms with Crippen molar-refractivity contribution in [3.63, 3.8) is 0 Å². The second-order valence-corrected chi connectivity index (χ2v) is 15.1. The molecule has 0 radical (unpaired) electrons. The zero-order chi connectivity index (χ0) is 27.6. The number of hydrogen-bond donors (Lipinski definition) is 0. The van der Waals surface area contributed by atoms with Crippen molar-refractivity contribution >= 4 is 5.97 Å². The standard InChI is InChI=1S/C35H52O4/c1-22(2)8-7-9-23(3)28-14-15-29-27-20-31-35(39-31)21-26(38-32(36)24-10-12-25(37-6)13-11-24)16-19-34(35,5)30(27)17-18-33(28,29)4/h10-13,22-23,26-31H,7-9,14-21H2,1-6H3/t23-,26+,27-,28+,29-,30-,31+,33+,34-,35+/m1/s1. The second kappa shape index (κ2) is 10.1. The maximum atomic E-state index is 12.9. The first kappa shape index (κ1) is 27.6. The lowest BCUT2D eigenvalue weighted by Crippen LogP contribution is -2.59. The lowest BCUT2D eigenvalue weighted by Gasteiger charge is -2.59. The molecule has 4 aliphatic carbocycles. The Morgan fingerprint density at radius 3 is 2.49 bits per heavy atom. The molecule has 4 nitrogen and oxygen atoms in total. The van der Waals surface area contributed by atoms with Gasteiger partial charge in [0.05, 0.1) is 18.8 Å². The molecule has 4 heteroatoms. The molecule has 5 fully saturated rings. The van der Waals surface area contributed by atoms with Gasteiger partial charge in [-0.2, -0.15) is 0 Å². The third-order valence-electron chi connectivity index (χ3n) is 12.8. The van der Waals surface area contributed by atoms with Gasteiger partial charge in [-0.15, -0.1) is 0 Å². The van der Waals surface area contributed by atoms with Gasteiger partial charge in [0, 0.05) is 11.8 Å². The Bertz CT molecular complexity index is 1050. The van der Waals surface area contributed by atoms with E-state index in [0.29, 0.717) is 17.1 Å². The van der Waals surface area contributed by atoms with E-state index >= 15 is 0 Å². The number of carbonyl (C=O) groups is 1. The lowest BCUT2D eigenvalue weighted by atomic mass is 9.44. The van der Waals surface area contributed by atoms with E-state index in [0.717, 1.165) is 60.5 Å². The summed E-state index contributed by atoms with van der Waals surface area (Å²) in [5.74, 6) is 5.51. The van der Waals surface area contributed by atoms with Crippen LogP contribution >= 0.6 is 0 Å². The Hall–Kier alpha value is -1.55. The number of fused-ring (bicyclic) bond motifs is 4. The van der Waals surface area contributed by atoms with Crippen LogP contribution in [0.2, 0.25) is 0 Å². The van der Waals surface area contributed by atoms with E-state index in [2.05, 4.69) is 34.6 Å². The molecular weight excluding hydrogens is 484 g/mol. The quantitative estimate of drug-likeness (QED) is 0.247. The average molecular weight is 537 g/mol. The zero-order valence-corrected chi connectivity index (χ0v) is 25.3. The van der Waals surface area contributed by atoms with E-state index < -0.39 is 0 Å². The van der Waals surface area contributed by atoms with Crippen LogP contribution in [-0.2, 0) is 9.47 Å². The SMILES string of the molecule is COc1ccc(C(=O)O[C@H]2CC[C@]3(C)[C@@H]4CC[C@]5(C)[C@H](CC[C@H]5[C@H](C)CCCC(C)C)[C@H]4C[C@@H]4O[C@@]43C2)cc1. The van der Waals surface area contributed by atoms with Crippen molar-refractivity contribution < 1.29 is 19.0 Å². The summed E-state index contributed by atoms with van der Waals surface area (Å²) in [6.07, 6.45) is 14.3. The summed E-state index contributed by atoms with van der Waals surface area (Å²) < 4.78 is 18.1. The maximum Gasteiger partial charge on any atom is 0.338 e. The van der Waals surface area contributed by atoms with Gasteiger partial charge in [-0.1, -0.05) is 53.9 Å². The van der Waals surface area contributed by atoms with Crippen molar-refractivity contribution in [1.82, 2.24) is 0 Å². The van der Waals surface area contributed by atoms with Crippen LogP contribution in [0.1, 0.15) is 116 Å². The van der Waals surface area contributed by atoms with E-state index in [1.807, 2.05) is 12.1 Å². The Morgan fingerprint density at radius 1 is 1.00 bits per heavy atom. The van der Waals surface area contributed by atoms with Gasteiger partial charge in [0.15, 0.2) is 0 Å². The summed E-state index contributed by atoms with van der Waals surface area (Å²) in [5.41, 5.74) is 1.24. The second-order valence-electron chi connectivity index (χ2n) is 15.1. The average Bonchev–Trinajstić information content (AvgIpc) is 3.49. The smallest absolute Gasteiger partial charge is 0.338 e. The molecule has 1 saturated heterocycles. The summed E-state index contributed by atoms with van der Waals surface area (Å²) in [5, 5.41) is 0. The number of methoxy groups -OCH3 is 1. The van der Waals surface area contributed by atoms with Gasteiger partial charge in [0.25, 0.3) is 0 Å². The molecule has 1 spiro atoms. The number of hydrogen-bond acceptors (Lipinski definition) is 4. The fourth-order valence-corrected chi connectivity index (χ4v) is 10.7. The first-order valence-electron chi connectivity index (χ1n) is 16.1. The van der Waals surface area contributed by atoms with E-state index in [4.69, 9.17) is 14.2 Å². The maximum absolute atomic E-state index is 12.9. The molecule has 0 unspecified atom stereocenters. The Balaban J connectivity index is 1.12. The number of esters is 1. The molecular formula is C35H52O4. The summed E-state index contributed by atoms with van der Waals surface area (Å²) in [7, 11) is 1.64. The first-order valence-corrected chi connectivity index (χ1v) is 16.1. The fourth-order valence-electron chi connectivity index (χ4n) is 10.7. The normalized spacial score (nSPS) is 43.1. The molecule has 4 saturated carbocycles. The Kier molecular flexibility index (Phi) is 7.13. The summed E-state index contributed by atoms with van der Waals surface area (Å²) >= 11 is 0. The van der Waals surface area contributed by atoms with Gasteiger partial charge in [-0.3, -0.25) is 0 Å². The molecule has 0 aromatic heterocycles. The molecule has 1 aromatic carbocycles. The molecule has 10 atom stereocenters. The number of carbonyl (C=O) groups excluding carboxylic acids is 1. The van der Waals surface area contributed by atoms with Crippen LogP contribution in [0, 0.1) is 46.3 Å². The van der Waals surface area contributed by atoms with Crippen LogP contribution in [0.3, 0.4) is 0 Å². The van der Waals surface area contributed by atoms with Crippen LogP contribution in [-0.4, -0.2) is 30.9 Å². The van der Waals surface area contributed by atoms with Gasteiger partial charge in [0.1, 0.15) is 17.5 Å². The van der Waals surface area contributed by atoms with Crippen LogP contribution in [0.4, 0.5) is 0 Å². The van der Waals surface area contributed by atoms with E-state index in [-0.39, 0.29) is 23.1 Å². The molecule has 216 valence electrons. The molecule has 5 aliphatic rings. The van der Waals surface area contributed by atoms with Crippen LogP contribution in [0.5, 0.6) is 5.75 Å². The van der Waals surface area contributed by atoms with Crippen molar-refractivity contribution in [1.29, 1.82) is 0 Å². The number of benzene rings is 1. The van der Waals surface area contributed by atoms with Crippen LogP contribution in [0.25, 0.3) is 0 Å². The van der Waals surface area contributed by atoms with Gasteiger partial charge >= 0.3 is 5.97 Å². The predicted octanol–water partition coefficient (Wildman–Crippen LogP) is 8.47. The third kappa shape index (κ3) is 4.46. The molecule has 1 heterocycles. The minimum atomic E-state index is -0.221. The van der Waals surface area contributed by atoms with Crippen molar-refractivity contribution in [3.8, 4) is 5.75 Å². The van der Waals surface area contributed by atoms with Gasteiger partial charge in [-0.25, -0.2) is 4.79 Å². The molecule has 0 N–H and O–H groups in total. The summed E-state index contributed by atoms with van der Waals surface area (Å²) in [6, 6.07) is 7.25. The molecule has 6 rings (SSSR count). The summed E-state index contributed by atoms with van der Waals surface area (Å²) in [6.45, 7) is 12.5. The van der Waals surface area contributed by atoms with E-state index in [9.17, 15) is 4.79 Å². The van der Waals surface area contributed by atoms with Crippen LogP contribution in [0.15, 0.2) is 24.3 Å². The Morgan fingerprint density at radius 2 is 1.77 bits per heavy atom. The van der Waals surface area contributed by atoms with Crippen LogP contribution < -0.4 is 4.74 Å². The van der Waals surface area contributed by atoms with Gasteiger partial charge < -0.3 is 14.2 Å². The van der Waals surface area contributed by atoms with Crippen molar-refractivity contribution in [2.24, 2.45) is 46.3 Å². The molecule has 0 bridgehead atoms. The first-order chi connectivity index (χ1) is 18.6. The zero-order valence-electron chi connectivity index (χ0n) is 25.3. The monoisotopic (exact) mass is 536 g/mol. The highest BCUT2D eigenvalue weighted by molar-refractivity contribution is 5.89. The summed E-state index contributed by atoms with van der Waals surface area (Å²) in [4.78, 5) is 12.9. The highest BCUT2D eigenvalue weighted by Crippen LogP contribution is 2.74. The third-order valence-corrected chi connectivity index (χ3v) is 12.8. The number of epoxide rings is 1. The molecule has 1 aliphatic heterocycles. The Labute approximate surface area is 236 Å². The number of rotatable bonds is 8. The van der Waals surface area contributed by atoms with E-state index in [1.165, 1.54) is 51.4 Å². The van der Waals surface area contributed by atoms with Gasteiger partial charge in [-0.05, 0) is 110 Å². The minimum absolute atomic E-state index is 0.0503. The highest BCUT2D eigenvalue weighted by atomic mass is 16.6.